The Morgan fingerprint density at radius 3 is 2.86 bits per heavy atom. The third-order valence-corrected chi connectivity index (χ3v) is 3.75. The third-order valence-electron chi connectivity index (χ3n) is 3.75. The maximum atomic E-state index is 12.5. The van der Waals surface area contributed by atoms with Gasteiger partial charge in [-0.25, -0.2) is 0 Å². The SMILES string of the molecule is Cc1ccc2[nH]nc(C(=O)N3CCC(C(=O)O)C3)c2c1.Cl. The van der Waals surface area contributed by atoms with E-state index in [9.17, 15) is 9.59 Å². The number of likely N-dealkylation sites (tertiary alicyclic amines) is 1. The van der Waals surface area contributed by atoms with Gasteiger partial charge in [0, 0.05) is 18.5 Å². The molecule has 2 aromatic rings. The van der Waals surface area contributed by atoms with E-state index in [0.29, 0.717) is 18.7 Å². The summed E-state index contributed by atoms with van der Waals surface area (Å²) in [6.45, 7) is 2.68. The Morgan fingerprint density at radius 1 is 1.43 bits per heavy atom. The van der Waals surface area contributed by atoms with Crippen molar-refractivity contribution in [2.24, 2.45) is 5.92 Å². The van der Waals surface area contributed by atoms with Gasteiger partial charge in [-0.05, 0) is 25.5 Å². The third kappa shape index (κ3) is 2.71. The second-order valence-electron chi connectivity index (χ2n) is 5.20. The van der Waals surface area contributed by atoms with Crippen LogP contribution >= 0.6 is 12.4 Å². The first-order valence-corrected chi connectivity index (χ1v) is 6.53. The summed E-state index contributed by atoms with van der Waals surface area (Å²) >= 11 is 0. The fourth-order valence-corrected chi connectivity index (χ4v) is 2.59. The highest BCUT2D eigenvalue weighted by Crippen LogP contribution is 2.22. The molecule has 2 N–H and O–H groups in total. The highest BCUT2D eigenvalue weighted by atomic mass is 35.5. The lowest BCUT2D eigenvalue weighted by Crippen LogP contribution is -2.30. The summed E-state index contributed by atoms with van der Waals surface area (Å²) in [5.41, 5.74) is 2.24. The van der Waals surface area contributed by atoms with Crippen LogP contribution in [0.2, 0.25) is 0 Å². The number of nitrogens with zero attached hydrogens (tertiary/aromatic N) is 2. The monoisotopic (exact) mass is 309 g/mol. The van der Waals surface area contributed by atoms with Crippen LogP contribution < -0.4 is 0 Å². The molecule has 1 aromatic carbocycles. The highest BCUT2D eigenvalue weighted by Gasteiger charge is 2.32. The van der Waals surface area contributed by atoms with E-state index in [1.165, 1.54) is 0 Å². The van der Waals surface area contributed by atoms with E-state index < -0.39 is 11.9 Å². The first-order valence-electron chi connectivity index (χ1n) is 6.53. The van der Waals surface area contributed by atoms with Crippen molar-refractivity contribution in [1.29, 1.82) is 0 Å². The predicted molar refractivity (Wildman–Crippen MR) is 79.7 cm³/mol. The van der Waals surface area contributed by atoms with Crippen LogP contribution in [-0.2, 0) is 4.79 Å². The fourth-order valence-electron chi connectivity index (χ4n) is 2.59. The predicted octanol–water partition coefficient (Wildman–Crippen LogP) is 1.84. The number of carbonyl (C=O) groups is 2. The van der Waals surface area contributed by atoms with Gasteiger partial charge in [0.1, 0.15) is 0 Å². The smallest absolute Gasteiger partial charge is 0.308 e. The highest BCUT2D eigenvalue weighted by molar-refractivity contribution is 6.05. The average molecular weight is 310 g/mol. The van der Waals surface area contributed by atoms with E-state index in [1.807, 2.05) is 25.1 Å². The van der Waals surface area contributed by atoms with Gasteiger partial charge in [0.2, 0.25) is 0 Å². The summed E-state index contributed by atoms with van der Waals surface area (Å²) in [6, 6.07) is 5.75. The number of hydrogen-bond acceptors (Lipinski definition) is 3. The minimum absolute atomic E-state index is 0. The van der Waals surface area contributed by atoms with Gasteiger partial charge >= 0.3 is 5.97 Å². The van der Waals surface area contributed by atoms with E-state index >= 15 is 0 Å². The quantitative estimate of drug-likeness (QED) is 0.886. The van der Waals surface area contributed by atoms with Crippen molar-refractivity contribution >= 4 is 35.2 Å². The summed E-state index contributed by atoms with van der Waals surface area (Å²) in [5, 5.41) is 16.7. The molecule has 21 heavy (non-hydrogen) atoms. The lowest BCUT2D eigenvalue weighted by molar-refractivity contribution is -0.141. The molecule has 0 saturated carbocycles. The molecular formula is C14H16ClN3O3. The number of amides is 1. The standard InChI is InChI=1S/C14H15N3O3.ClH/c1-8-2-3-11-10(6-8)12(16-15-11)13(18)17-5-4-9(7-17)14(19)20;/h2-3,6,9H,4-5,7H2,1H3,(H,15,16)(H,19,20);1H. The van der Waals surface area contributed by atoms with Crippen molar-refractivity contribution in [3.63, 3.8) is 0 Å². The second kappa shape index (κ2) is 5.73. The molecule has 1 aromatic heterocycles. The van der Waals surface area contributed by atoms with E-state index in [2.05, 4.69) is 10.2 Å². The minimum atomic E-state index is -0.844. The number of fused-ring (bicyclic) bond motifs is 1. The Kier molecular flexibility index (Phi) is 4.18. The van der Waals surface area contributed by atoms with Crippen LogP contribution in [-0.4, -0.2) is 45.2 Å². The lowest BCUT2D eigenvalue weighted by Gasteiger charge is -2.14. The number of rotatable bonds is 2. The lowest BCUT2D eigenvalue weighted by atomic mass is 10.1. The van der Waals surface area contributed by atoms with Gasteiger partial charge in [0.15, 0.2) is 5.69 Å². The molecule has 0 bridgehead atoms. The number of carbonyl (C=O) groups excluding carboxylic acids is 1. The van der Waals surface area contributed by atoms with Crippen molar-refractivity contribution in [2.75, 3.05) is 13.1 Å². The van der Waals surface area contributed by atoms with Crippen LogP contribution in [0.4, 0.5) is 0 Å². The first-order chi connectivity index (χ1) is 9.56. The summed E-state index contributed by atoms with van der Waals surface area (Å²) < 4.78 is 0. The van der Waals surface area contributed by atoms with Crippen LogP contribution in [0.1, 0.15) is 22.5 Å². The molecule has 112 valence electrons. The molecule has 7 heteroatoms. The Morgan fingerprint density at radius 2 is 2.19 bits per heavy atom. The molecule has 1 atom stereocenters. The zero-order valence-electron chi connectivity index (χ0n) is 11.5. The summed E-state index contributed by atoms with van der Waals surface area (Å²) in [7, 11) is 0. The Hall–Kier alpha value is -2.08. The van der Waals surface area contributed by atoms with E-state index in [1.54, 1.807) is 4.90 Å². The van der Waals surface area contributed by atoms with E-state index in [0.717, 1.165) is 16.5 Å². The van der Waals surface area contributed by atoms with Crippen molar-refractivity contribution < 1.29 is 14.7 Å². The summed E-state index contributed by atoms with van der Waals surface area (Å²) in [6.07, 6.45) is 0.502. The van der Waals surface area contributed by atoms with Gasteiger partial charge in [-0.15, -0.1) is 12.4 Å². The number of benzene rings is 1. The van der Waals surface area contributed by atoms with Crippen LogP contribution in [0.25, 0.3) is 10.9 Å². The van der Waals surface area contributed by atoms with Crippen molar-refractivity contribution in [1.82, 2.24) is 15.1 Å². The molecule has 1 unspecified atom stereocenters. The Balaban J connectivity index is 0.00000161. The number of aryl methyl sites for hydroxylation is 1. The number of aromatic nitrogens is 2. The number of aliphatic carboxylic acids is 1. The largest absolute Gasteiger partial charge is 0.481 e. The molecule has 0 radical (unpaired) electrons. The maximum Gasteiger partial charge on any atom is 0.308 e. The molecule has 1 saturated heterocycles. The zero-order chi connectivity index (χ0) is 14.3. The molecule has 3 rings (SSSR count). The molecule has 1 aliphatic rings. The number of aromatic amines is 1. The number of H-pyrrole nitrogens is 1. The van der Waals surface area contributed by atoms with Crippen LogP contribution in [0.5, 0.6) is 0 Å². The number of carboxylic acid groups (broad SMARTS) is 1. The molecule has 6 nitrogen and oxygen atoms in total. The van der Waals surface area contributed by atoms with Crippen LogP contribution in [0.3, 0.4) is 0 Å². The average Bonchev–Trinajstić information content (AvgIpc) is 3.04. The van der Waals surface area contributed by atoms with Crippen LogP contribution in [0.15, 0.2) is 18.2 Å². The molecule has 2 heterocycles. The van der Waals surface area contributed by atoms with E-state index in [4.69, 9.17) is 5.11 Å². The topological polar surface area (TPSA) is 86.3 Å². The fraction of sp³-hybridized carbons (Fsp3) is 0.357. The number of nitrogens with one attached hydrogen (secondary N) is 1. The Bertz CT molecular complexity index is 698. The molecule has 0 aliphatic carbocycles. The molecule has 0 spiro atoms. The zero-order valence-corrected chi connectivity index (χ0v) is 12.3. The number of hydrogen-bond donors (Lipinski definition) is 2. The van der Waals surface area contributed by atoms with Gasteiger partial charge in [-0.3, -0.25) is 14.7 Å². The molecule has 1 amide bonds. The molecule has 1 fully saturated rings. The van der Waals surface area contributed by atoms with Gasteiger partial charge in [0.05, 0.1) is 11.4 Å². The van der Waals surface area contributed by atoms with Crippen LogP contribution in [0, 0.1) is 12.8 Å². The molecular weight excluding hydrogens is 294 g/mol. The number of carboxylic acids is 1. The Labute approximate surface area is 127 Å². The van der Waals surface area contributed by atoms with Crippen molar-refractivity contribution in [3.05, 3.63) is 29.5 Å². The van der Waals surface area contributed by atoms with Gasteiger partial charge < -0.3 is 10.0 Å². The first kappa shape index (κ1) is 15.3. The summed E-state index contributed by atoms with van der Waals surface area (Å²) in [4.78, 5) is 25.0. The number of halogens is 1. The van der Waals surface area contributed by atoms with Gasteiger partial charge in [-0.2, -0.15) is 5.10 Å². The molecule has 1 aliphatic heterocycles. The van der Waals surface area contributed by atoms with Crippen molar-refractivity contribution in [2.45, 2.75) is 13.3 Å². The second-order valence-corrected chi connectivity index (χ2v) is 5.20. The van der Waals surface area contributed by atoms with Crippen molar-refractivity contribution in [3.8, 4) is 0 Å². The summed E-state index contributed by atoms with van der Waals surface area (Å²) in [5.74, 6) is -1.51. The van der Waals surface area contributed by atoms with Gasteiger partial charge in [-0.1, -0.05) is 11.6 Å². The van der Waals surface area contributed by atoms with Gasteiger partial charge in [0.25, 0.3) is 5.91 Å². The van der Waals surface area contributed by atoms with E-state index in [-0.39, 0.29) is 24.9 Å². The maximum absolute atomic E-state index is 12.5. The minimum Gasteiger partial charge on any atom is -0.481 e. The normalized spacial score (nSPS) is 17.8.